The van der Waals surface area contributed by atoms with Crippen LogP contribution in [-0.4, -0.2) is 46.0 Å². The number of hydrogen-bond acceptors (Lipinski definition) is 4. The Kier molecular flexibility index (Phi) is 3.91. The van der Waals surface area contributed by atoms with Crippen molar-refractivity contribution in [3.63, 3.8) is 0 Å². The monoisotopic (exact) mass is 259 g/mol. The number of hydrogen-bond donors (Lipinski definition) is 1. The Morgan fingerprint density at radius 1 is 1.37 bits per heavy atom. The highest BCUT2D eigenvalue weighted by Gasteiger charge is 2.11. The lowest BCUT2D eigenvalue weighted by molar-refractivity contribution is 0.0822. The zero-order valence-electron chi connectivity index (χ0n) is 11.1. The average molecular weight is 259 g/mol. The van der Waals surface area contributed by atoms with Gasteiger partial charge in [0.05, 0.1) is 5.69 Å². The molecule has 0 saturated carbocycles. The van der Waals surface area contributed by atoms with Crippen molar-refractivity contribution >= 4 is 5.91 Å². The molecular formula is C13H17N5O. The molecule has 0 bridgehead atoms. The molecule has 0 unspecified atom stereocenters. The summed E-state index contributed by atoms with van der Waals surface area (Å²) in [7, 11) is 3.40. The average Bonchev–Trinajstić information content (AvgIpc) is 2.86. The second-order valence-corrected chi connectivity index (χ2v) is 4.35. The molecule has 2 N–H and O–H groups in total. The first kappa shape index (κ1) is 13.2. The van der Waals surface area contributed by atoms with Crippen molar-refractivity contribution in [1.82, 2.24) is 19.4 Å². The van der Waals surface area contributed by atoms with Crippen LogP contribution in [0, 0.1) is 0 Å². The van der Waals surface area contributed by atoms with Gasteiger partial charge in [0.15, 0.2) is 0 Å². The van der Waals surface area contributed by atoms with Crippen molar-refractivity contribution in [2.75, 3.05) is 20.6 Å². The molecule has 100 valence electrons. The third-order valence-corrected chi connectivity index (χ3v) is 2.73. The van der Waals surface area contributed by atoms with E-state index in [9.17, 15) is 4.79 Å². The summed E-state index contributed by atoms with van der Waals surface area (Å²) in [6.45, 7) is 0.533. The van der Waals surface area contributed by atoms with Crippen LogP contribution < -0.4 is 5.73 Å². The third kappa shape index (κ3) is 2.79. The summed E-state index contributed by atoms with van der Waals surface area (Å²) >= 11 is 0. The Balaban J connectivity index is 2.38. The molecule has 0 aliphatic heterocycles. The molecule has 0 aliphatic rings. The van der Waals surface area contributed by atoms with Crippen LogP contribution >= 0.6 is 0 Å². The minimum absolute atomic E-state index is 0.123. The summed E-state index contributed by atoms with van der Waals surface area (Å²) in [6.07, 6.45) is 5.88. The Bertz CT molecular complexity index is 576. The van der Waals surface area contributed by atoms with Crippen LogP contribution in [0.15, 0.2) is 30.7 Å². The molecule has 2 aromatic rings. The highest BCUT2D eigenvalue weighted by molar-refractivity contribution is 5.92. The van der Waals surface area contributed by atoms with E-state index in [1.54, 1.807) is 32.6 Å². The predicted octanol–water partition coefficient (Wildman–Crippen LogP) is 0.470. The minimum atomic E-state index is -0.123. The van der Waals surface area contributed by atoms with Crippen molar-refractivity contribution in [2.24, 2.45) is 5.73 Å². The van der Waals surface area contributed by atoms with Crippen molar-refractivity contribution in [3.05, 3.63) is 42.2 Å². The molecule has 0 atom stereocenters. The van der Waals surface area contributed by atoms with Crippen molar-refractivity contribution in [3.8, 4) is 5.69 Å². The molecule has 0 aliphatic carbocycles. The smallest absolute Gasteiger partial charge is 0.272 e. The highest BCUT2D eigenvalue weighted by Crippen LogP contribution is 2.12. The van der Waals surface area contributed by atoms with E-state index in [2.05, 4.69) is 9.97 Å². The summed E-state index contributed by atoms with van der Waals surface area (Å²) in [5, 5.41) is 0. The molecule has 6 heteroatoms. The zero-order chi connectivity index (χ0) is 13.8. The van der Waals surface area contributed by atoms with E-state index >= 15 is 0 Å². The quantitative estimate of drug-likeness (QED) is 0.866. The van der Waals surface area contributed by atoms with Gasteiger partial charge in [-0.1, -0.05) is 0 Å². The van der Waals surface area contributed by atoms with Gasteiger partial charge >= 0.3 is 0 Å². The van der Waals surface area contributed by atoms with Gasteiger partial charge in [-0.2, -0.15) is 0 Å². The van der Waals surface area contributed by atoms with Gasteiger partial charge < -0.3 is 15.2 Å². The number of pyridine rings is 1. The summed E-state index contributed by atoms with van der Waals surface area (Å²) in [5.41, 5.74) is 6.83. The zero-order valence-corrected chi connectivity index (χ0v) is 11.1. The number of carbonyl (C=O) groups is 1. The van der Waals surface area contributed by atoms with E-state index in [0.29, 0.717) is 18.7 Å². The Hall–Kier alpha value is -2.21. The Morgan fingerprint density at radius 2 is 2.16 bits per heavy atom. The van der Waals surface area contributed by atoms with E-state index in [0.717, 1.165) is 11.5 Å². The molecule has 19 heavy (non-hydrogen) atoms. The topological polar surface area (TPSA) is 77.0 Å². The van der Waals surface area contributed by atoms with Crippen LogP contribution in [-0.2, 0) is 6.42 Å². The van der Waals surface area contributed by atoms with Gasteiger partial charge in [0, 0.05) is 39.1 Å². The summed E-state index contributed by atoms with van der Waals surface area (Å²) < 4.78 is 1.92. The predicted molar refractivity (Wildman–Crippen MR) is 72.1 cm³/mol. The number of aromatic nitrogens is 3. The van der Waals surface area contributed by atoms with Gasteiger partial charge in [0.2, 0.25) is 0 Å². The highest BCUT2D eigenvalue weighted by atomic mass is 16.2. The number of amides is 1. The van der Waals surface area contributed by atoms with E-state index < -0.39 is 0 Å². The first-order chi connectivity index (χ1) is 9.13. The fraction of sp³-hybridized carbons (Fsp3) is 0.308. The van der Waals surface area contributed by atoms with Crippen molar-refractivity contribution in [1.29, 1.82) is 0 Å². The number of rotatable bonds is 4. The maximum absolute atomic E-state index is 11.9. The van der Waals surface area contributed by atoms with Crippen LogP contribution in [0.25, 0.3) is 5.69 Å². The lowest BCUT2D eigenvalue weighted by atomic mass is 10.3. The first-order valence-electron chi connectivity index (χ1n) is 6.04. The lowest BCUT2D eigenvalue weighted by Gasteiger charge is -2.11. The maximum atomic E-state index is 11.9. The molecular weight excluding hydrogens is 242 g/mol. The number of imidazole rings is 1. The molecule has 0 aromatic carbocycles. The molecule has 0 spiro atoms. The second kappa shape index (κ2) is 5.62. The van der Waals surface area contributed by atoms with Crippen LogP contribution in [0.4, 0.5) is 0 Å². The van der Waals surface area contributed by atoms with E-state index in [-0.39, 0.29) is 5.91 Å². The Labute approximate surface area is 111 Å². The van der Waals surface area contributed by atoms with E-state index in [1.165, 1.54) is 4.90 Å². The van der Waals surface area contributed by atoms with Crippen molar-refractivity contribution in [2.45, 2.75) is 6.42 Å². The van der Waals surface area contributed by atoms with Gasteiger partial charge in [-0.15, -0.1) is 0 Å². The maximum Gasteiger partial charge on any atom is 0.272 e. The number of carbonyl (C=O) groups excluding carboxylic acids is 1. The molecule has 2 heterocycles. The number of nitrogens with zero attached hydrogens (tertiary/aromatic N) is 4. The minimum Gasteiger partial charge on any atom is -0.343 e. The summed E-state index contributed by atoms with van der Waals surface area (Å²) in [5.74, 6) is 0.749. The molecule has 0 fully saturated rings. The molecule has 6 nitrogen and oxygen atoms in total. The molecule has 2 rings (SSSR count). The van der Waals surface area contributed by atoms with Crippen molar-refractivity contribution < 1.29 is 4.79 Å². The summed E-state index contributed by atoms with van der Waals surface area (Å²) in [6, 6.07) is 3.60. The van der Waals surface area contributed by atoms with E-state index in [1.807, 2.05) is 16.8 Å². The molecule has 0 saturated heterocycles. The summed E-state index contributed by atoms with van der Waals surface area (Å²) in [4.78, 5) is 21.8. The van der Waals surface area contributed by atoms with Crippen LogP contribution in [0.5, 0.6) is 0 Å². The van der Waals surface area contributed by atoms with Gasteiger partial charge in [-0.05, 0) is 18.7 Å². The standard InChI is InChI=1S/C13H17N5O/c1-17(2)13(19)11-9-10(4-6-15-11)18-8-7-16-12(18)3-5-14/h4,6-9H,3,5,14H2,1-2H3. The fourth-order valence-corrected chi connectivity index (χ4v) is 1.80. The first-order valence-corrected chi connectivity index (χ1v) is 6.04. The normalized spacial score (nSPS) is 10.5. The van der Waals surface area contributed by atoms with Crippen LogP contribution in [0.1, 0.15) is 16.3 Å². The fourth-order valence-electron chi connectivity index (χ4n) is 1.80. The Morgan fingerprint density at radius 3 is 2.84 bits per heavy atom. The number of nitrogens with two attached hydrogens (primary N) is 1. The van der Waals surface area contributed by atoms with Gasteiger partial charge in [0.1, 0.15) is 11.5 Å². The van der Waals surface area contributed by atoms with Gasteiger partial charge in [-0.3, -0.25) is 9.78 Å². The van der Waals surface area contributed by atoms with Crippen LogP contribution in [0.3, 0.4) is 0 Å². The third-order valence-electron chi connectivity index (χ3n) is 2.73. The van der Waals surface area contributed by atoms with Gasteiger partial charge in [-0.25, -0.2) is 4.98 Å². The molecule has 1 amide bonds. The second-order valence-electron chi connectivity index (χ2n) is 4.35. The SMILES string of the molecule is CN(C)C(=O)c1cc(-n2ccnc2CCN)ccn1. The van der Waals surface area contributed by atoms with Crippen LogP contribution in [0.2, 0.25) is 0 Å². The van der Waals surface area contributed by atoms with Gasteiger partial charge in [0.25, 0.3) is 5.91 Å². The largest absolute Gasteiger partial charge is 0.343 e. The van der Waals surface area contributed by atoms with E-state index in [4.69, 9.17) is 5.73 Å². The molecule has 2 aromatic heterocycles. The lowest BCUT2D eigenvalue weighted by Crippen LogP contribution is -2.23. The molecule has 0 radical (unpaired) electrons.